The van der Waals surface area contributed by atoms with E-state index in [0.717, 1.165) is 24.8 Å². The highest BCUT2D eigenvalue weighted by atomic mass is 127. The van der Waals surface area contributed by atoms with E-state index < -0.39 is 0 Å². The molecule has 21 heavy (non-hydrogen) atoms. The van der Waals surface area contributed by atoms with Crippen molar-refractivity contribution in [2.45, 2.75) is 76.6 Å². The van der Waals surface area contributed by atoms with E-state index in [1.165, 1.54) is 24.8 Å². The maximum absolute atomic E-state index is 10.2. The summed E-state index contributed by atoms with van der Waals surface area (Å²) in [6, 6.07) is 6.27. The molecule has 0 amide bonds. The predicted molar refractivity (Wildman–Crippen MR) is 102 cm³/mol. The zero-order chi connectivity index (χ0) is 16.1. The maximum Gasteiger partial charge on any atom is 0.119 e. The Balaban J connectivity index is 2.48. The summed E-state index contributed by atoms with van der Waals surface area (Å²) in [6.07, 6.45) is 6.76. The third kappa shape index (κ3) is 8.70. The Morgan fingerprint density at radius 2 is 1.57 bits per heavy atom. The van der Waals surface area contributed by atoms with Crippen LogP contribution in [0.4, 0.5) is 0 Å². The highest BCUT2D eigenvalue weighted by Gasteiger charge is 2.13. The van der Waals surface area contributed by atoms with Crippen molar-refractivity contribution in [2.24, 2.45) is 5.41 Å². The molecule has 1 aromatic carbocycles. The van der Waals surface area contributed by atoms with Crippen LogP contribution in [0.25, 0.3) is 0 Å². The summed E-state index contributed by atoms with van der Waals surface area (Å²) in [5, 5.41) is 10.2. The summed E-state index contributed by atoms with van der Waals surface area (Å²) in [5.74, 6) is 0.481. The van der Waals surface area contributed by atoms with Gasteiger partial charge in [0, 0.05) is 3.42 Å². The molecule has 0 saturated carbocycles. The van der Waals surface area contributed by atoms with E-state index in [-0.39, 0.29) is 0 Å². The fraction of sp³-hybridized carbons (Fsp3) is 0.684. The van der Waals surface area contributed by atoms with Gasteiger partial charge in [-0.15, -0.1) is 0 Å². The molecule has 0 saturated heterocycles. The van der Waals surface area contributed by atoms with Crippen LogP contribution in [-0.2, 0) is 12.8 Å². The summed E-state index contributed by atoms with van der Waals surface area (Å²) in [6.45, 7) is 11.4. The first-order valence-electron chi connectivity index (χ1n) is 8.06. The van der Waals surface area contributed by atoms with E-state index >= 15 is 0 Å². The Morgan fingerprint density at radius 3 is 2.10 bits per heavy atom. The molecule has 1 nitrogen and oxygen atoms in total. The number of phenolic OH excluding ortho intramolecular Hbond substituents is 1. The maximum atomic E-state index is 10.2. The van der Waals surface area contributed by atoms with Crippen LogP contribution in [0.2, 0.25) is 0 Å². The van der Waals surface area contributed by atoms with E-state index in [4.69, 9.17) is 0 Å². The fourth-order valence-corrected chi connectivity index (χ4v) is 2.88. The lowest BCUT2D eigenvalue weighted by Crippen LogP contribution is -2.08. The smallest absolute Gasteiger partial charge is 0.119 e. The summed E-state index contributed by atoms with van der Waals surface area (Å²) < 4.78 is 0.347. The number of rotatable bonds is 7. The zero-order valence-electron chi connectivity index (χ0n) is 14.3. The Hall–Kier alpha value is -0.250. The molecule has 0 aliphatic carbocycles. The number of hydrogen-bond donors (Lipinski definition) is 1. The summed E-state index contributed by atoms with van der Waals surface area (Å²) >= 11 is 2.49. The molecule has 2 heteroatoms. The van der Waals surface area contributed by atoms with E-state index in [0.29, 0.717) is 14.6 Å². The van der Waals surface area contributed by atoms with Gasteiger partial charge in [-0.25, -0.2) is 0 Å². The van der Waals surface area contributed by atoms with Gasteiger partial charge in [0.15, 0.2) is 0 Å². The molecule has 0 heterocycles. The van der Waals surface area contributed by atoms with Crippen molar-refractivity contribution in [1.29, 1.82) is 0 Å². The molecule has 0 aliphatic heterocycles. The lowest BCUT2D eigenvalue weighted by Gasteiger charge is -2.18. The zero-order valence-corrected chi connectivity index (χ0v) is 16.5. The second-order valence-electron chi connectivity index (χ2n) is 7.95. The topological polar surface area (TPSA) is 20.2 Å². The minimum atomic E-state index is 0.347. The van der Waals surface area contributed by atoms with Crippen LogP contribution in [0.15, 0.2) is 18.2 Å². The van der Waals surface area contributed by atoms with Gasteiger partial charge < -0.3 is 5.11 Å². The number of benzene rings is 1. The van der Waals surface area contributed by atoms with Crippen LogP contribution in [-0.4, -0.2) is 8.53 Å². The fourth-order valence-electron chi connectivity index (χ4n) is 2.50. The van der Waals surface area contributed by atoms with Crippen LogP contribution < -0.4 is 0 Å². The van der Waals surface area contributed by atoms with Crippen molar-refractivity contribution in [3.8, 4) is 5.75 Å². The molecule has 1 aromatic rings. The molecular formula is C19H31IO. The Morgan fingerprint density at radius 1 is 0.952 bits per heavy atom. The molecule has 1 rings (SSSR count). The van der Waals surface area contributed by atoms with Crippen molar-refractivity contribution in [3.63, 3.8) is 0 Å². The van der Waals surface area contributed by atoms with Gasteiger partial charge in [0.1, 0.15) is 5.75 Å². The number of alkyl halides is 1. The van der Waals surface area contributed by atoms with Crippen molar-refractivity contribution >= 4 is 22.6 Å². The van der Waals surface area contributed by atoms with E-state index in [2.05, 4.69) is 69.3 Å². The molecule has 0 atom stereocenters. The highest BCUT2D eigenvalue weighted by molar-refractivity contribution is 14.1. The largest absolute Gasteiger partial charge is 0.508 e. The van der Waals surface area contributed by atoms with Gasteiger partial charge in [-0.1, -0.05) is 69.3 Å². The monoisotopic (exact) mass is 402 g/mol. The quantitative estimate of drug-likeness (QED) is 0.419. The van der Waals surface area contributed by atoms with Gasteiger partial charge in [-0.2, -0.15) is 0 Å². The first-order valence-corrected chi connectivity index (χ1v) is 9.14. The van der Waals surface area contributed by atoms with Crippen molar-refractivity contribution < 1.29 is 5.11 Å². The minimum Gasteiger partial charge on any atom is -0.508 e. The number of aryl methyl sites for hydroxylation is 2. The van der Waals surface area contributed by atoms with Crippen LogP contribution >= 0.6 is 22.6 Å². The molecule has 0 bridgehead atoms. The normalized spacial score (nSPS) is 12.7. The highest BCUT2D eigenvalue weighted by Crippen LogP contribution is 2.27. The molecule has 0 fully saturated rings. The molecule has 120 valence electrons. The minimum absolute atomic E-state index is 0.347. The lowest BCUT2D eigenvalue weighted by atomic mass is 9.89. The SMILES string of the molecule is CC(C)(C)CCCc1ccc(CCCC(C)(C)I)c(O)c1. The van der Waals surface area contributed by atoms with Crippen LogP contribution in [0.3, 0.4) is 0 Å². The predicted octanol–water partition coefficient (Wildman–Crippen LogP) is 6.30. The van der Waals surface area contributed by atoms with Gasteiger partial charge >= 0.3 is 0 Å². The van der Waals surface area contributed by atoms with Crippen molar-refractivity contribution in [1.82, 2.24) is 0 Å². The summed E-state index contributed by atoms with van der Waals surface area (Å²) in [7, 11) is 0. The average Bonchev–Trinajstić information content (AvgIpc) is 2.28. The summed E-state index contributed by atoms with van der Waals surface area (Å²) in [4.78, 5) is 0. The van der Waals surface area contributed by atoms with Gasteiger partial charge in [0.2, 0.25) is 0 Å². The molecule has 0 aliphatic rings. The van der Waals surface area contributed by atoms with Gasteiger partial charge in [-0.3, -0.25) is 0 Å². The molecule has 0 radical (unpaired) electrons. The van der Waals surface area contributed by atoms with Gasteiger partial charge in [-0.05, 0) is 61.1 Å². The Bertz CT molecular complexity index is 438. The van der Waals surface area contributed by atoms with E-state index in [1.807, 2.05) is 6.07 Å². The van der Waals surface area contributed by atoms with E-state index in [9.17, 15) is 5.11 Å². The first-order chi connectivity index (χ1) is 9.57. The van der Waals surface area contributed by atoms with Gasteiger partial charge in [0.25, 0.3) is 0 Å². The number of aromatic hydroxyl groups is 1. The van der Waals surface area contributed by atoms with Crippen LogP contribution in [0.1, 0.15) is 71.4 Å². The molecule has 0 unspecified atom stereocenters. The number of halogens is 1. The third-order valence-electron chi connectivity index (χ3n) is 3.76. The van der Waals surface area contributed by atoms with Crippen LogP contribution in [0.5, 0.6) is 5.75 Å². The van der Waals surface area contributed by atoms with E-state index in [1.54, 1.807) is 0 Å². The van der Waals surface area contributed by atoms with Crippen molar-refractivity contribution in [2.75, 3.05) is 0 Å². The standard InChI is InChI=1S/C19H31IO/c1-18(2,3)12-6-8-15-10-11-16(17(21)14-15)9-7-13-19(4,5)20/h10-11,14,21H,6-9,12-13H2,1-5H3. The number of phenols is 1. The Labute approximate surface area is 144 Å². The molecule has 0 aromatic heterocycles. The molecule has 0 spiro atoms. The van der Waals surface area contributed by atoms with Crippen LogP contribution in [0, 0.1) is 5.41 Å². The lowest BCUT2D eigenvalue weighted by molar-refractivity contribution is 0.365. The summed E-state index contributed by atoms with van der Waals surface area (Å²) in [5.41, 5.74) is 2.75. The average molecular weight is 402 g/mol. The second-order valence-corrected chi connectivity index (χ2v) is 10.9. The molecular weight excluding hydrogens is 371 g/mol. The second kappa shape index (κ2) is 7.85. The third-order valence-corrected chi connectivity index (χ3v) is 4.30. The molecule has 1 N–H and O–H groups in total. The number of hydrogen-bond acceptors (Lipinski definition) is 1. The van der Waals surface area contributed by atoms with Gasteiger partial charge in [0.05, 0.1) is 0 Å². The van der Waals surface area contributed by atoms with Crippen molar-refractivity contribution in [3.05, 3.63) is 29.3 Å². The Kier molecular flexibility index (Phi) is 7.02. The first kappa shape index (κ1) is 18.8.